The predicted octanol–water partition coefficient (Wildman–Crippen LogP) is -1.74. The third-order valence-electron chi connectivity index (χ3n) is 1.50. The van der Waals surface area contributed by atoms with Gasteiger partial charge in [-0.1, -0.05) is 0 Å². The molecule has 2 nitrogen and oxygen atoms in total. The van der Waals surface area contributed by atoms with Crippen LogP contribution in [0.3, 0.4) is 0 Å². The van der Waals surface area contributed by atoms with Crippen LogP contribution in [0.4, 0.5) is 0 Å². The molecule has 0 saturated heterocycles. The Morgan fingerprint density at radius 3 is 2.00 bits per heavy atom. The van der Waals surface area contributed by atoms with Gasteiger partial charge in [0.2, 0.25) is 0 Å². The minimum Gasteiger partial charge on any atom is -0.387 e. The molecule has 2 atom stereocenters. The second-order valence-corrected chi connectivity index (χ2v) is 2.49. The quantitative estimate of drug-likeness (QED) is 0.404. The predicted molar refractivity (Wildman–Crippen MR) is 27.2 cm³/mol. The van der Waals surface area contributed by atoms with Gasteiger partial charge >= 0.3 is 0 Å². The van der Waals surface area contributed by atoms with E-state index in [1.165, 1.54) is 4.90 Å². The van der Waals surface area contributed by atoms with Gasteiger partial charge in [0.1, 0.15) is 12.1 Å². The lowest BCUT2D eigenvalue weighted by atomic mass is 10.6. The van der Waals surface area contributed by atoms with Crippen molar-refractivity contribution in [2.24, 2.45) is 0 Å². The van der Waals surface area contributed by atoms with Gasteiger partial charge < -0.3 is 10.0 Å². The van der Waals surface area contributed by atoms with E-state index in [1.807, 2.05) is 0 Å². The highest BCUT2D eigenvalue weighted by Crippen LogP contribution is 2.15. The standard InChI is InChI=1S/C5H11NO/c1-6(2)4-3-5(4)7/h4-5,7H,3H2,1-2H3/p+1. The molecule has 0 spiro atoms. The number of nitrogens with one attached hydrogen (secondary N) is 1. The Hall–Kier alpha value is -0.0800. The van der Waals surface area contributed by atoms with Gasteiger partial charge in [0, 0.05) is 6.42 Å². The van der Waals surface area contributed by atoms with Crippen molar-refractivity contribution < 1.29 is 10.0 Å². The Kier molecular flexibility index (Phi) is 1.05. The fourth-order valence-corrected chi connectivity index (χ4v) is 0.802. The molecule has 0 bridgehead atoms. The van der Waals surface area contributed by atoms with Crippen LogP contribution >= 0.6 is 0 Å². The average Bonchev–Trinajstić information content (AvgIpc) is 2.17. The summed E-state index contributed by atoms with van der Waals surface area (Å²) in [7, 11) is 4.14. The fraction of sp³-hybridized carbons (Fsp3) is 1.00. The molecule has 1 aliphatic carbocycles. The van der Waals surface area contributed by atoms with Crippen molar-refractivity contribution in [2.45, 2.75) is 18.6 Å². The van der Waals surface area contributed by atoms with E-state index in [4.69, 9.17) is 5.11 Å². The Morgan fingerprint density at radius 1 is 1.57 bits per heavy atom. The fourth-order valence-electron chi connectivity index (χ4n) is 0.802. The normalized spacial score (nSPS) is 39.4. The number of aliphatic hydroxyl groups is 1. The van der Waals surface area contributed by atoms with Crippen LogP contribution in [-0.2, 0) is 0 Å². The molecule has 0 aliphatic heterocycles. The van der Waals surface area contributed by atoms with Crippen molar-refractivity contribution in [1.29, 1.82) is 0 Å². The maximum Gasteiger partial charge on any atom is 0.116 e. The molecule has 0 heterocycles. The Balaban J connectivity index is 2.20. The number of quaternary nitrogens is 1. The van der Waals surface area contributed by atoms with Crippen molar-refractivity contribution in [3.05, 3.63) is 0 Å². The van der Waals surface area contributed by atoms with E-state index < -0.39 is 0 Å². The van der Waals surface area contributed by atoms with Crippen molar-refractivity contribution in [3.63, 3.8) is 0 Å². The highest BCUT2D eigenvalue weighted by Gasteiger charge is 2.41. The van der Waals surface area contributed by atoms with Gasteiger partial charge in [-0.15, -0.1) is 0 Å². The molecule has 2 N–H and O–H groups in total. The average molecular weight is 102 g/mol. The molecule has 0 amide bonds. The number of hydrogen-bond acceptors (Lipinski definition) is 1. The Morgan fingerprint density at radius 2 is 2.00 bits per heavy atom. The highest BCUT2D eigenvalue weighted by atomic mass is 16.3. The summed E-state index contributed by atoms with van der Waals surface area (Å²) in [4.78, 5) is 1.37. The van der Waals surface area contributed by atoms with Gasteiger partial charge in [-0.25, -0.2) is 0 Å². The Labute approximate surface area is 43.7 Å². The molecular weight excluding hydrogens is 90.1 g/mol. The molecule has 1 fully saturated rings. The molecule has 0 aromatic carbocycles. The third kappa shape index (κ3) is 0.924. The molecule has 0 aromatic rings. The third-order valence-corrected chi connectivity index (χ3v) is 1.50. The smallest absolute Gasteiger partial charge is 0.116 e. The van der Waals surface area contributed by atoms with Crippen LogP contribution < -0.4 is 4.90 Å². The summed E-state index contributed by atoms with van der Waals surface area (Å²) in [5.74, 6) is 0. The first-order chi connectivity index (χ1) is 3.22. The van der Waals surface area contributed by atoms with Gasteiger partial charge in [-0.3, -0.25) is 0 Å². The van der Waals surface area contributed by atoms with Crippen LogP contribution in [0.1, 0.15) is 6.42 Å². The lowest BCUT2D eigenvalue weighted by Crippen LogP contribution is -3.07. The summed E-state index contributed by atoms with van der Waals surface area (Å²) in [5, 5.41) is 8.78. The maximum absolute atomic E-state index is 8.78. The molecule has 42 valence electrons. The van der Waals surface area contributed by atoms with Crippen molar-refractivity contribution >= 4 is 0 Å². The molecular formula is C5H12NO+. The first kappa shape index (κ1) is 5.06. The van der Waals surface area contributed by atoms with E-state index in [2.05, 4.69) is 14.1 Å². The number of likely N-dealkylation sites (N-methyl/N-ethyl adjacent to an activating group) is 1. The second kappa shape index (κ2) is 1.46. The number of hydrogen-bond donors (Lipinski definition) is 2. The zero-order valence-electron chi connectivity index (χ0n) is 4.81. The van der Waals surface area contributed by atoms with Crippen molar-refractivity contribution in [2.75, 3.05) is 14.1 Å². The lowest BCUT2D eigenvalue weighted by molar-refractivity contribution is -0.871. The largest absolute Gasteiger partial charge is 0.387 e. The van der Waals surface area contributed by atoms with Crippen LogP contribution in [0.15, 0.2) is 0 Å². The molecule has 0 aromatic heterocycles. The SMILES string of the molecule is C[NH+](C)C1CC1O. The maximum atomic E-state index is 8.78. The van der Waals surface area contributed by atoms with E-state index >= 15 is 0 Å². The number of rotatable bonds is 1. The van der Waals surface area contributed by atoms with Crippen LogP contribution in [0.25, 0.3) is 0 Å². The van der Waals surface area contributed by atoms with Gasteiger partial charge in [0.05, 0.1) is 14.1 Å². The zero-order valence-corrected chi connectivity index (χ0v) is 4.81. The Bertz CT molecular complexity index is 72.5. The van der Waals surface area contributed by atoms with E-state index in [-0.39, 0.29) is 6.10 Å². The van der Waals surface area contributed by atoms with Crippen LogP contribution in [0.5, 0.6) is 0 Å². The summed E-state index contributed by atoms with van der Waals surface area (Å²) in [6, 6.07) is 0.542. The van der Waals surface area contributed by atoms with E-state index in [0.717, 1.165) is 6.42 Å². The van der Waals surface area contributed by atoms with E-state index in [9.17, 15) is 0 Å². The minimum absolute atomic E-state index is 0.00463. The van der Waals surface area contributed by atoms with Crippen molar-refractivity contribution in [3.8, 4) is 0 Å². The van der Waals surface area contributed by atoms with E-state index in [1.54, 1.807) is 0 Å². The minimum atomic E-state index is 0.00463. The molecule has 2 heteroatoms. The highest BCUT2D eigenvalue weighted by molar-refractivity contribution is 4.84. The van der Waals surface area contributed by atoms with Gasteiger partial charge in [0.25, 0.3) is 0 Å². The monoisotopic (exact) mass is 102 g/mol. The molecule has 0 radical (unpaired) electrons. The van der Waals surface area contributed by atoms with Gasteiger partial charge in [-0.05, 0) is 0 Å². The van der Waals surface area contributed by atoms with Gasteiger partial charge in [0.15, 0.2) is 0 Å². The zero-order chi connectivity index (χ0) is 5.44. The summed E-state index contributed by atoms with van der Waals surface area (Å²) in [6.45, 7) is 0. The topological polar surface area (TPSA) is 24.7 Å². The second-order valence-electron chi connectivity index (χ2n) is 2.49. The first-order valence-electron chi connectivity index (χ1n) is 2.70. The molecule has 1 rings (SSSR count). The van der Waals surface area contributed by atoms with E-state index in [0.29, 0.717) is 6.04 Å². The molecule has 1 saturated carbocycles. The lowest BCUT2D eigenvalue weighted by Gasteiger charge is -2.01. The first-order valence-corrected chi connectivity index (χ1v) is 2.70. The molecule has 1 aliphatic rings. The number of aliphatic hydroxyl groups excluding tert-OH is 1. The molecule has 2 unspecified atom stereocenters. The summed E-state index contributed by atoms with van der Waals surface area (Å²) >= 11 is 0. The summed E-state index contributed by atoms with van der Waals surface area (Å²) in [6.07, 6.45) is 1.01. The van der Waals surface area contributed by atoms with Gasteiger partial charge in [-0.2, -0.15) is 0 Å². The van der Waals surface area contributed by atoms with Crippen LogP contribution in [-0.4, -0.2) is 31.3 Å². The van der Waals surface area contributed by atoms with Crippen LogP contribution in [0, 0.1) is 0 Å². The molecule has 7 heavy (non-hydrogen) atoms. The van der Waals surface area contributed by atoms with Crippen molar-refractivity contribution in [1.82, 2.24) is 0 Å². The summed E-state index contributed by atoms with van der Waals surface area (Å²) in [5.41, 5.74) is 0. The van der Waals surface area contributed by atoms with Crippen LogP contribution in [0.2, 0.25) is 0 Å². The summed E-state index contributed by atoms with van der Waals surface area (Å²) < 4.78 is 0.